The van der Waals surface area contributed by atoms with E-state index in [1.165, 1.54) is 48.8 Å². The van der Waals surface area contributed by atoms with Crippen molar-refractivity contribution in [3.05, 3.63) is 64.7 Å². The summed E-state index contributed by atoms with van der Waals surface area (Å²) in [7, 11) is 0. The fourth-order valence-corrected chi connectivity index (χ4v) is 12.9. The fraction of sp³-hybridized carbons (Fsp3) is 0.440. The van der Waals surface area contributed by atoms with Gasteiger partial charge < -0.3 is 24.8 Å². The first kappa shape index (κ1) is 26.9. The van der Waals surface area contributed by atoms with Gasteiger partial charge in [-0.05, 0) is 0 Å². The number of hydrogen-bond acceptors (Lipinski definition) is 0. The summed E-state index contributed by atoms with van der Waals surface area (Å²) in [4.78, 5) is 0. The van der Waals surface area contributed by atoms with Gasteiger partial charge in [0.25, 0.3) is 0 Å². The summed E-state index contributed by atoms with van der Waals surface area (Å²) >= 11 is -0.363. The molecule has 3 rings (SSSR count). The molecular weight excluding hydrogens is 490 g/mol. The van der Waals surface area contributed by atoms with Crippen LogP contribution in [0.25, 0.3) is 17.2 Å². The van der Waals surface area contributed by atoms with Gasteiger partial charge in [0, 0.05) is 0 Å². The number of halogens is 2. The standard InChI is InChI=1S/C23H27.C2H6Si.2ClH.Zr/c1-3-5-6-7-9-19-16-21-10-8-11-22(23(21)17-19)20-14-12-18(4-2)13-15-20;1-3-2;;;/h8,10-17H,3-7,9H2,1-2H3;1-2H3;2*1H;/q;;;;+2/p-2. The van der Waals surface area contributed by atoms with Crippen molar-refractivity contribution in [2.75, 3.05) is 0 Å². The molecule has 0 bridgehead atoms. The zero-order valence-corrected chi connectivity index (χ0v) is 23.2. The van der Waals surface area contributed by atoms with E-state index in [0.717, 1.165) is 10.0 Å². The first-order valence-electron chi connectivity index (χ1n) is 10.6. The van der Waals surface area contributed by atoms with E-state index >= 15 is 0 Å². The Morgan fingerprint density at radius 3 is 2.24 bits per heavy atom. The van der Waals surface area contributed by atoms with E-state index in [-0.39, 0.29) is 53.1 Å². The minimum Gasteiger partial charge on any atom is -1.00 e. The minimum absolute atomic E-state index is 0. The molecule has 0 saturated carbocycles. The maximum atomic E-state index is 2.60. The zero-order valence-electron chi connectivity index (χ0n) is 18.2. The molecule has 2 aromatic carbocycles. The summed E-state index contributed by atoms with van der Waals surface area (Å²) in [5, 5.41) is 0. The predicted molar refractivity (Wildman–Crippen MR) is 118 cm³/mol. The molecule has 29 heavy (non-hydrogen) atoms. The second-order valence-electron chi connectivity index (χ2n) is 7.97. The molecule has 0 aliphatic heterocycles. The number of hydrogen-bond donors (Lipinski definition) is 0. The Morgan fingerprint density at radius 2 is 1.62 bits per heavy atom. The quantitative estimate of drug-likeness (QED) is 0.347. The number of fused-ring (bicyclic) bond motifs is 1. The Bertz CT molecular complexity index is 784. The molecule has 0 amide bonds. The van der Waals surface area contributed by atoms with Crippen LogP contribution in [0.1, 0.15) is 66.3 Å². The zero-order chi connectivity index (χ0) is 19.2. The van der Waals surface area contributed by atoms with Crippen LogP contribution in [0.5, 0.6) is 0 Å². The molecule has 4 heteroatoms. The number of aryl methyl sites for hydroxylation is 1. The van der Waals surface area contributed by atoms with E-state index in [2.05, 4.69) is 75.5 Å². The van der Waals surface area contributed by atoms with Gasteiger partial charge in [-0.25, -0.2) is 0 Å². The van der Waals surface area contributed by atoms with Crippen molar-refractivity contribution in [3.8, 4) is 11.1 Å². The molecular formula is C25H33Cl2SiZr. The molecule has 0 fully saturated rings. The summed E-state index contributed by atoms with van der Waals surface area (Å²) in [5.41, 5.74) is 9.24. The van der Waals surface area contributed by atoms with Gasteiger partial charge in [0.05, 0.1) is 0 Å². The normalized spacial score (nSPS) is 14.5. The Kier molecular flexibility index (Phi) is 12.3. The maximum absolute atomic E-state index is 2.60. The molecule has 1 aliphatic carbocycles. The van der Waals surface area contributed by atoms with Crippen LogP contribution in [0.4, 0.5) is 0 Å². The molecule has 1 atom stereocenters. The first-order valence-corrected chi connectivity index (χ1v) is 18.2. The summed E-state index contributed by atoms with van der Waals surface area (Å²) in [5.74, 6) is -0.0826. The van der Waals surface area contributed by atoms with Crippen molar-refractivity contribution < 1.29 is 47.2 Å². The maximum Gasteiger partial charge on any atom is -1.00 e. The van der Waals surface area contributed by atoms with Crippen molar-refractivity contribution in [2.45, 2.75) is 69.1 Å². The molecule has 0 N–H and O–H groups in total. The first-order chi connectivity index (χ1) is 13.1. The monoisotopic (exact) mass is 521 g/mol. The molecule has 1 aliphatic rings. The van der Waals surface area contributed by atoms with Crippen molar-refractivity contribution in [1.29, 1.82) is 0 Å². The van der Waals surface area contributed by atoms with Gasteiger partial charge in [0.15, 0.2) is 0 Å². The third-order valence-electron chi connectivity index (χ3n) is 5.58. The van der Waals surface area contributed by atoms with E-state index in [4.69, 9.17) is 0 Å². The predicted octanol–water partition coefficient (Wildman–Crippen LogP) is 1.67. The molecule has 0 spiro atoms. The van der Waals surface area contributed by atoms with E-state index in [0.29, 0.717) is 0 Å². The molecule has 0 heterocycles. The smallest absolute Gasteiger partial charge is 1.00 e. The fourth-order valence-electron chi connectivity index (χ4n) is 4.07. The van der Waals surface area contributed by atoms with Crippen molar-refractivity contribution in [1.82, 2.24) is 0 Å². The van der Waals surface area contributed by atoms with Crippen molar-refractivity contribution >= 4 is 12.0 Å². The molecule has 0 aromatic heterocycles. The van der Waals surface area contributed by atoms with Gasteiger partial charge in [-0.15, -0.1) is 0 Å². The molecule has 2 aromatic rings. The average Bonchev–Trinajstić information content (AvgIpc) is 3.02. The van der Waals surface area contributed by atoms with Gasteiger partial charge in [-0.3, -0.25) is 0 Å². The third kappa shape index (κ3) is 6.93. The largest absolute Gasteiger partial charge is 1.00 e. The van der Waals surface area contributed by atoms with Crippen molar-refractivity contribution in [3.63, 3.8) is 0 Å². The van der Waals surface area contributed by atoms with E-state index in [1.54, 1.807) is 16.7 Å². The molecule has 0 saturated heterocycles. The van der Waals surface area contributed by atoms with Crippen LogP contribution < -0.4 is 24.8 Å². The van der Waals surface area contributed by atoms with Gasteiger partial charge in [-0.1, -0.05) is 0 Å². The number of allylic oxidation sites excluding steroid dienone is 1. The Balaban J connectivity index is 0.00000210. The second kappa shape index (κ2) is 13.3. The minimum atomic E-state index is -0.363. The van der Waals surface area contributed by atoms with E-state index < -0.39 is 0 Å². The topological polar surface area (TPSA) is 0 Å². The van der Waals surface area contributed by atoms with Crippen molar-refractivity contribution in [2.24, 2.45) is 0 Å². The van der Waals surface area contributed by atoms with Gasteiger partial charge in [0.1, 0.15) is 0 Å². The third-order valence-corrected chi connectivity index (χ3v) is 14.5. The van der Waals surface area contributed by atoms with Crippen LogP contribution >= 0.6 is 0 Å². The Hall–Kier alpha value is -0.140. The van der Waals surface area contributed by atoms with Gasteiger partial charge >= 0.3 is 179 Å². The Labute approximate surface area is 202 Å². The van der Waals surface area contributed by atoms with E-state index in [1.807, 2.05) is 0 Å². The van der Waals surface area contributed by atoms with Gasteiger partial charge in [-0.2, -0.15) is 0 Å². The van der Waals surface area contributed by atoms with E-state index in [9.17, 15) is 0 Å². The summed E-state index contributed by atoms with van der Waals surface area (Å²) < 4.78 is 0.837. The molecule has 0 nitrogen and oxygen atoms in total. The van der Waals surface area contributed by atoms with Crippen LogP contribution in [-0.2, 0) is 28.8 Å². The second-order valence-corrected chi connectivity index (χ2v) is 21.2. The van der Waals surface area contributed by atoms with Crippen LogP contribution in [0.2, 0.25) is 13.1 Å². The summed E-state index contributed by atoms with van der Waals surface area (Å²) in [6.45, 7) is 9.61. The number of rotatable bonds is 9. The van der Waals surface area contributed by atoms with Gasteiger partial charge in [0.2, 0.25) is 0 Å². The summed E-state index contributed by atoms with van der Waals surface area (Å²) in [6, 6.07) is 16.3. The molecule has 1 unspecified atom stereocenters. The SMILES string of the molecule is CCCCCCC1=Cc2c(-c3ccc(CC)cc3)cccc2[CH]1[Zr+2][Si](C)C.[Cl-].[Cl-]. The van der Waals surface area contributed by atoms with Crippen LogP contribution in [-0.4, -0.2) is 5.92 Å². The van der Waals surface area contributed by atoms with Crippen LogP contribution in [0.3, 0.4) is 0 Å². The van der Waals surface area contributed by atoms with Crippen LogP contribution in [0, 0.1) is 0 Å². The molecule has 1 radical (unpaired) electrons. The summed E-state index contributed by atoms with van der Waals surface area (Å²) in [6.07, 6.45) is 10.5. The molecule has 155 valence electrons. The van der Waals surface area contributed by atoms with Crippen LogP contribution in [0.15, 0.2) is 48.0 Å². The average molecular weight is 524 g/mol. The Morgan fingerprint density at radius 1 is 0.897 bits per heavy atom. The number of unbranched alkanes of at least 4 members (excludes halogenated alkanes) is 3. The number of benzene rings is 2.